The predicted octanol–water partition coefficient (Wildman–Crippen LogP) is 0.651. The van der Waals surface area contributed by atoms with Gasteiger partial charge >= 0.3 is 5.97 Å². The number of carbonyl (C=O) groups excluding carboxylic acids is 3. The molecule has 132 valence electrons. The Kier molecular flexibility index (Phi) is 4.97. The number of carbonyl (C=O) groups is 3. The first-order valence-electron chi connectivity index (χ1n) is 8.05. The van der Waals surface area contributed by atoms with E-state index in [1.165, 1.54) is 11.9 Å². The number of nitrogens with one attached hydrogen (secondary N) is 1. The van der Waals surface area contributed by atoms with E-state index in [9.17, 15) is 14.4 Å². The Balaban J connectivity index is 1.44. The predicted molar refractivity (Wildman–Crippen MR) is 87.5 cm³/mol. The minimum absolute atomic E-state index is 0.0548. The third-order valence-electron chi connectivity index (χ3n) is 3.87. The second-order valence-electron chi connectivity index (χ2n) is 6.05. The molecule has 0 radical (unpaired) electrons. The van der Waals surface area contributed by atoms with Gasteiger partial charge in [-0.1, -0.05) is 17.3 Å². The Bertz CT molecular complexity index is 796. The fourth-order valence-corrected chi connectivity index (χ4v) is 2.31. The minimum Gasteiger partial charge on any atom is -0.455 e. The van der Waals surface area contributed by atoms with Crippen molar-refractivity contribution in [1.29, 1.82) is 0 Å². The topological polar surface area (TPSA) is 102 Å². The molecule has 8 nitrogen and oxygen atoms in total. The van der Waals surface area contributed by atoms with E-state index < -0.39 is 18.5 Å². The smallest absolute Gasteiger partial charge is 0.312 e. The summed E-state index contributed by atoms with van der Waals surface area (Å²) in [4.78, 5) is 36.7. The van der Waals surface area contributed by atoms with E-state index in [0.29, 0.717) is 11.3 Å². The highest BCUT2D eigenvalue weighted by molar-refractivity contribution is 5.87. The van der Waals surface area contributed by atoms with E-state index in [1.54, 1.807) is 12.1 Å². The quantitative estimate of drug-likeness (QED) is 0.739. The molecule has 25 heavy (non-hydrogen) atoms. The van der Waals surface area contributed by atoms with Crippen LogP contribution < -0.4 is 5.32 Å². The zero-order valence-electron chi connectivity index (χ0n) is 13.9. The van der Waals surface area contributed by atoms with Crippen molar-refractivity contribution in [3.8, 4) is 0 Å². The van der Waals surface area contributed by atoms with Gasteiger partial charge in [-0.3, -0.25) is 14.4 Å². The summed E-state index contributed by atoms with van der Waals surface area (Å²) in [5, 5.41) is 7.37. The standard InChI is InChI=1S/C17H19N3O5/c1-20(9-15(21)18-11-6-7-11)16(22)10-24-17(23)8-13-12-4-2-3-5-14(12)25-19-13/h2-5,11H,6-10H2,1H3,(H,18,21). The number of rotatable bonds is 7. The normalized spacial score (nSPS) is 13.5. The Labute approximate surface area is 144 Å². The summed E-state index contributed by atoms with van der Waals surface area (Å²) < 4.78 is 10.1. The molecule has 1 heterocycles. The lowest BCUT2D eigenvalue weighted by Gasteiger charge is -2.16. The van der Waals surface area contributed by atoms with Crippen molar-refractivity contribution in [2.24, 2.45) is 0 Å². The summed E-state index contributed by atoms with van der Waals surface area (Å²) in [5.41, 5.74) is 1.05. The lowest BCUT2D eigenvalue weighted by atomic mass is 10.2. The van der Waals surface area contributed by atoms with Crippen molar-refractivity contribution in [2.45, 2.75) is 25.3 Å². The van der Waals surface area contributed by atoms with Crippen LogP contribution in [0.15, 0.2) is 28.8 Å². The molecule has 1 aromatic carbocycles. The number of nitrogens with zero attached hydrogens (tertiary/aromatic N) is 2. The van der Waals surface area contributed by atoms with Gasteiger partial charge < -0.3 is 19.5 Å². The highest BCUT2D eigenvalue weighted by atomic mass is 16.5. The summed E-state index contributed by atoms with van der Waals surface area (Å²) >= 11 is 0. The van der Waals surface area contributed by atoms with Gasteiger partial charge in [0.1, 0.15) is 5.69 Å². The van der Waals surface area contributed by atoms with E-state index in [4.69, 9.17) is 9.26 Å². The van der Waals surface area contributed by atoms with Crippen LogP contribution in [0.25, 0.3) is 11.0 Å². The lowest BCUT2D eigenvalue weighted by Crippen LogP contribution is -2.40. The van der Waals surface area contributed by atoms with Crippen LogP contribution in [-0.4, -0.2) is 54.1 Å². The van der Waals surface area contributed by atoms with Crippen LogP contribution >= 0.6 is 0 Å². The van der Waals surface area contributed by atoms with Gasteiger partial charge in [0.25, 0.3) is 5.91 Å². The van der Waals surface area contributed by atoms with Gasteiger partial charge in [-0.25, -0.2) is 0 Å². The average molecular weight is 345 g/mol. The molecule has 0 spiro atoms. The summed E-state index contributed by atoms with van der Waals surface area (Å²) in [7, 11) is 1.49. The number of fused-ring (bicyclic) bond motifs is 1. The third kappa shape index (κ3) is 4.56. The highest BCUT2D eigenvalue weighted by Gasteiger charge is 2.24. The first-order valence-corrected chi connectivity index (χ1v) is 8.05. The molecule has 1 aliphatic carbocycles. The molecule has 0 atom stereocenters. The van der Waals surface area contributed by atoms with Crippen molar-refractivity contribution in [3.63, 3.8) is 0 Å². The highest BCUT2D eigenvalue weighted by Crippen LogP contribution is 2.19. The summed E-state index contributed by atoms with van der Waals surface area (Å²) in [6.45, 7) is -0.470. The molecule has 0 saturated heterocycles. The number of ether oxygens (including phenoxy) is 1. The second-order valence-corrected chi connectivity index (χ2v) is 6.05. The van der Waals surface area contributed by atoms with E-state index >= 15 is 0 Å². The Morgan fingerprint density at radius 2 is 2.08 bits per heavy atom. The van der Waals surface area contributed by atoms with Crippen LogP contribution in [-0.2, 0) is 25.5 Å². The molecule has 2 amide bonds. The van der Waals surface area contributed by atoms with Gasteiger partial charge in [0.15, 0.2) is 12.2 Å². The van der Waals surface area contributed by atoms with Crippen molar-refractivity contribution >= 4 is 28.8 Å². The molecular weight excluding hydrogens is 326 g/mol. The molecule has 1 fully saturated rings. The molecular formula is C17H19N3O5. The molecule has 1 aliphatic rings. The molecule has 0 aliphatic heterocycles. The molecule has 2 aromatic rings. The SMILES string of the molecule is CN(CC(=O)NC1CC1)C(=O)COC(=O)Cc1noc2ccccc12. The maximum atomic E-state index is 11.9. The van der Waals surface area contributed by atoms with Gasteiger partial charge in [-0.05, 0) is 25.0 Å². The van der Waals surface area contributed by atoms with Gasteiger partial charge in [0.05, 0.1) is 13.0 Å². The maximum Gasteiger partial charge on any atom is 0.312 e. The van der Waals surface area contributed by atoms with E-state index in [1.807, 2.05) is 12.1 Å². The lowest BCUT2D eigenvalue weighted by molar-refractivity contribution is -0.151. The van der Waals surface area contributed by atoms with E-state index in [0.717, 1.165) is 18.2 Å². The molecule has 1 saturated carbocycles. The maximum absolute atomic E-state index is 11.9. The Hall–Kier alpha value is -2.90. The molecule has 3 rings (SSSR count). The van der Waals surface area contributed by atoms with E-state index in [-0.39, 0.29) is 24.9 Å². The zero-order chi connectivity index (χ0) is 17.8. The minimum atomic E-state index is -0.580. The number of hydrogen-bond acceptors (Lipinski definition) is 6. The molecule has 8 heteroatoms. The van der Waals surface area contributed by atoms with Crippen molar-refractivity contribution in [3.05, 3.63) is 30.0 Å². The monoisotopic (exact) mass is 345 g/mol. The van der Waals surface area contributed by atoms with Crippen LogP contribution in [0.3, 0.4) is 0 Å². The van der Waals surface area contributed by atoms with Gasteiger partial charge in [0.2, 0.25) is 5.91 Å². The van der Waals surface area contributed by atoms with Crippen LogP contribution in [0.2, 0.25) is 0 Å². The zero-order valence-corrected chi connectivity index (χ0v) is 13.9. The fourth-order valence-electron chi connectivity index (χ4n) is 2.31. The first kappa shape index (κ1) is 16.9. The number of likely N-dealkylation sites (N-methyl/N-ethyl adjacent to an activating group) is 1. The first-order chi connectivity index (χ1) is 12.0. The van der Waals surface area contributed by atoms with Crippen molar-refractivity contribution < 1.29 is 23.6 Å². The van der Waals surface area contributed by atoms with Gasteiger partial charge in [-0.15, -0.1) is 0 Å². The molecule has 1 N–H and O–H groups in total. The van der Waals surface area contributed by atoms with Gasteiger partial charge in [-0.2, -0.15) is 0 Å². The summed E-state index contributed by atoms with van der Waals surface area (Å²) in [6.07, 6.45) is 1.88. The number of benzene rings is 1. The summed E-state index contributed by atoms with van der Waals surface area (Å²) in [5.74, 6) is -1.23. The van der Waals surface area contributed by atoms with Crippen molar-refractivity contribution in [1.82, 2.24) is 15.4 Å². The largest absolute Gasteiger partial charge is 0.455 e. The number of aromatic nitrogens is 1. The van der Waals surface area contributed by atoms with Gasteiger partial charge in [0, 0.05) is 18.5 Å². The number of esters is 1. The summed E-state index contributed by atoms with van der Waals surface area (Å²) in [6, 6.07) is 7.42. The second kappa shape index (κ2) is 7.33. The van der Waals surface area contributed by atoms with Crippen LogP contribution in [0, 0.1) is 0 Å². The van der Waals surface area contributed by atoms with Crippen LogP contribution in [0.4, 0.5) is 0 Å². The number of amides is 2. The Morgan fingerprint density at radius 3 is 2.84 bits per heavy atom. The number of para-hydroxylation sites is 1. The molecule has 1 aromatic heterocycles. The van der Waals surface area contributed by atoms with E-state index in [2.05, 4.69) is 10.5 Å². The molecule has 0 bridgehead atoms. The Morgan fingerprint density at radius 1 is 1.32 bits per heavy atom. The average Bonchev–Trinajstić information content (AvgIpc) is 3.31. The van der Waals surface area contributed by atoms with Crippen molar-refractivity contribution in [2.75, 3.05) is 20.2 Å². The van der Waals surface area contributed by atoms with Crippen LogP contribution in [0.5, 0.6) is 0 Å². The third-order valence-corrected chi connectivity index (χ3v) is 3.87. The molecule has 0 unspecified atom stereocenters. The van der Waals surface area contributed by atoms with Crippen LogP contribution in [0.1, 0.15) is 18.5 Å². The number of hydrogen-bond donors (Lipinski definition) is 1. The fraction of sp³-hybridized carbons (Fsp3) is 0.412.